The second-order valence-electron chi connectivity index (χ2n) is 5.88. The minimum atomic E-state index is -3.70. The summed E-state index contributed by atoms with van der Waals surface area (Å²) in [6.07, 6.45) is 0. The number of sulfonamides is 1. The molecule has 0 saturated carbocycles. The maximum atomic E-state index is 12.5. The van der Waals surface area contributed by atoms with Gasteiger partial charge in [0.05, 0.1) is 10.5 Å². The van der Waals surface area contributed by atoms with E-state index >= 15 is 0 Å². The average molecular weight is 537 g/mol. The first-order chi connectivity index (χ1) is 13.8. The fourth-order valence-electron chi connectivity index (χ4n) is 2.42. The predicted octanol–water partition coefficient (Wildman–Crippen LogP) is 4.22. The monoisotopic (exact) mass is 537 g/mol. The van der Waals surface area contributed by atoms with Gasteiger partial charge in [0, 0.05) is 14.9 Å². The SMILES string of the molecule is O=C(NC(=S)Nc1ccc(S(=O)(=O)Nc2ccccc2)cc1)c1ccccc1I. The minimum absolute atomic E-state index is 0.112. The van der Waals surface area contributed by atoms with E-state index in [9.17, 15) is 13.2 Å². The molecule has 0 unspecified atom stereocenters. The van der Waals surface area contributed by atoms with Gasteiger partial charge in [-0.05, 0) is 83.3 Å². The molecule has 0 saturated heterocycles. The molecule has 0 heterocycles. The molecule has 0 aliphatic heterocycles. The Bertz CT molecular complexity index is 1140. The molecule has 0 atom stereocenters. The number of carbonyl (C=O) groups excluding carboxylic acids is 1. The lowest BCUT2D eigenvalue weighted by Gasteiger charge is -2.12. The van der Waals surface area contributed by atoms with Crippen molar-refractivity contribution in [2.45, 2.75) is 4.90 Å². The molecule has 0 bridgehead atoms. The third-order valence-corrected chi connectivity index (χ3v) is 6.34. The zero-order chi connectivity index (χ0) is 20.9. The molecular formula is C20H16IN3O3S2. The highest BCUT2D eigenvalue weighted by atomic mass is 127. The average Bonchev–Trinajstić information content (AvgIpc) is 2.69. The van der Waals surface area contributed by atoms with E-state index in [0.29, 0.717) is 16.9 Å². The topological polar surface area (TPSA) is 87.3 Å². The van der Waals surface area contributed by atoms with Crippen LogP contribution in [0.3, 0.4) is 0 Å². The number of benzene rings is 3. The van der Waals surface area contributed by atoms with Crippen LogP contribution in [0.25, 0.3) is 0 Å². The zero-order valence-electron chi connectivity index (χ0n) is 14.9. The number of nitrogens with one attached hydrogen (secondary N) is 3. The second kappa shape index (κ2) is 9.33. The van der Waals surface area contributed by atoms with Crippen LogP contribution in [0.4, 0.5) is 11.4 Å². The van der Waals surface area contributed by atoms with Gasteiger partial charge in [-0.25, -0.2) is 8.42 Å². The first-order valence-corrected chi connectivity index (χ1v) is 11.4. The van der Waals surface area contributed by atoms with Crippen molar-refractivity contribution in [3.05, 3.63) is 88.0 Å². The largest absolute Gasteiger partial charge is 0.332 e. The standard InChI is InChI=1S/C20H16IN3O3S2/c21-18-9-5-4-8-17(18)19(25)23-20(28)22-14-10-12-16(13-11-14)29(26,27)24-15-6-2-1-3-7-15/h1-13,24H,(H2,22,23,25,28). The highest BCUT2D eigenvalue weighted by Gasteiger charge is 2.15. The molecule has 3 aromatic carbocycles. The van der Waals surface area contributed by atoms with E-state index in [1.165, 1.54) is 12.1 Å². The fourth-order valence-corrected chi connectivity index (χ4v) is 4.32. The van der Waals surface area contributed by atoms with E-state index < -0.39 is 10.0 Å². The van der Waals surface area contributed by atoms with Gasteiger partial charge >= 0.3 is 0 Å². The van der Waals surface area contributed by atoms with Gasteiger partial charge in [0.25, 0.3) is 15.9 Å². The Morgan fingerprint density at radius 3 is 2.10 bits per heavy atom. The Kier molecular flexibility index (Phi) is 6.83. The smallest absolute Gasteiger partial charge is 0.261 e. The van der Waals surface area contributed by atoms with Gasteiger partial charge in [-0.1, -0.05) is 30.3 Å². The van der Waals surface area contributed by atoms with Crippen molar-refractivity contribution in [1.82, 2.24) is 5.32 Å². The highest BCUT2D eigenvalue weighted by molar-refractivity contribution is 14.1. The van der Waals surface area contributed by atoms with Crippen LogP contribution in [-0.2, 0) is 10.0 Å². The Balaban J connectivity index is 1.63. The number of halogens is 1. The van der Waals surface area contributed by atoms with Crippen LogP contribution in [0.5, 0.6) is 0 Å². The van der Waals surface area contributed by atoms with Crippen molar-refractivity contribution in [1.29, 1.82) is 0 Å². The summed E-state index contributed by atoms with van der Waals surface area (Å²) in [6.45, 7) is 0. The maximum Gasteiger partial charge on any atom is 0.261 e. The molecule has 3 rings (SSSR count). The minimum Gasteiger partial charge on any atom is -0.332 e. The van der Waals surface area contributed by atoms with Crippen LogP contribution < -0.4 is 15.4 Å². The second-order valence-corrected chi connectivity index (χ2v) is 9.14. The molecule has 0 aromatic heterocycles. The van der Waals surface area contributed by atoms with Crippen LogP contribution in [0.15, 0.2) is 83.8 Å². The first kappa shape index (κ1) is 21.2. The molecule has 1 amide bonds. The Morgan fingerprint density at radius 2 is 1.45 bits per heavy atom. The van der Waals surface area contributed by atoms with E-state index in [1.807, 2.05) is 12.1 Å². The van der Waals surface area contributed by atoms with Crippen molar-refractivity contribution in [3.63, 3.8) is 0 Å². The number of thiocarbonyl (C=S) groups is 1. The van der Waals surface area contributed by atoms with Crippen LogP contribution in [0, 0.1) is 3.57 Å². The Hall–Kier alpha value is -2.50. The molecule has 3 aromatic rings. The molecule has 0 aliphatic carbocycles. The van der Waals surface area contributed by atoms with E-state index in [0.717, 1.165) is 3.57 Å². The lowest BCUT2D eigenvalue weighted by Crippen LogP contribution is -2.34. The molecule has 0 radical (unpaired) electrons. The summed E-state index contributed by atoms with van der Waals surface area (Å²) in [5.41, 5.74) is 1.55. The number of rotatable bonds is 5. The van der Waals surface area contributed by atoms with Gasteiger partial charge in [-0.2, -0.15) is 0 Å². The summed E-state index contributed by atoms with van der Waals surface area (Å²) in [4.78, 5) is 12.4. The van der Waals surface area contributed by atoms with Gasteiger partial charge in [0.15, 0.2) is 5.11 Å². The van der Waals surface area contributed by atoms with Crippen LogP contribution in [-0.4, -0.2) is 19.4 Å². The lowest BCUT2D eigenvalue weighted by molar-refractivity contribution is 0.0977. The quantitative estimate of drug-likeness (QED) is 0.335. The summed E-state index contributed by atoms with van der Waals surface area (Å²) < 4.78 is 28.2. The van der Waals surface area contributed by atoms with Crippen molar-refractivity contribution in [3.8, 4) is 0 Å². The number of anilines is 2. The molecule has 0 aliphatic rings. The van der Waals surface area contributed by atoms with Gasteiger partial charge < -0.3 is 5.32 Å². The van der Waals surface area contributed by atoms with Crippen LogP contribution in [0.1, 0.15) is 10.4 Å². The highest BCUT2D eigenvalue weighted by Crippen LogP contribution is 2.18. The van der Waals surface area contributed by atoms with Crippen molar-refractivity contribution < 1.29 is 13.2 Å². The summed E-state index contributed by atoms with van der Waals surface area (Å²) in [5, 5.41) is 5.60. The van der Waals surface area contributed by atoms with Crippen molar-refractivity contribution in [2.75, 3.05) is 10.0 Å². The molecule has 0 spiro atoms. The molecule has 148 valence electrons. The molecule has 3 N–H and O–H groups in total. The lowest BCUT2D eigenvalue weighted by atomic mass is 10.2. The number of carbonyl (C=O) groups is 1. The molecule has 29 heavy (non-hydrogen) atoms. The molecule has 0 fully saturated rings. The first-order valence-electron chi connectivity index (χ1n) is 8.40. The van der Waals surface area contributed by atoms with Crippen LogP contribution >= 0.6 is 34.8 Å². The maximum absolute atomic E-state index is 12.5. The third kappa shape index (κ3) is 5.75. The van der Waals surface area contributed by atoms with E-state index in [4.69, 9.17) is 12.2 Å². The Morgan fingerprint density at radius 1 is 0.828 bits per heavy atom. The molecular weight excluding hydrogens is 521 g/mol. The Labute approximate surface area is 187 Å². The van der Waals surface area contributed by atoms with Gasteiger partial charge in [-0.15, -0.1) is 0 Å². The number of hydrogen-bond acceptors (Lipinski definition) is 4. The van der Waals surface area contributed by atoms with Crippen LogP contribution in [0.2, 0.25) is 0 Å². The van der Waals surface area contributed by atoms with E-state index in [1.54, 1.807) is 54.6 Å². The molecule has 6 nitrogen and oxygen atoms in total. The van der Waals surface area contributed by atoms with Crippen molar-refractivity contribution in [2.24, 2.45) is 0 Å². The van der Waals surface area contributed by atoms with Crippen molar-refractivity contribution >= 4 is 67.2 Å². The predicted molar refractivity (Wildman–Crippen MR) is 127 cm³/mol. The normalized spacial score (nSPS) is 10.8. The third-order valence-electron chi connectivity index (χ3n) is 3.79. The van der Waals surface area contributed by atoms with E-state index in [-0.39, 0.29) is 15.9 Å². The summed E-state index contributed by atoms with van der Waals surface area (Å²) in [6, 6.07) is 21.9. The van der Waals surface area contributed by atoms with Gasteiger partial charge in [0.2, 0.25) is 0 Å². The fraction of sp³-hybridized carbons (Fsp3) is 0. The number of para-hydroxylation sites is 1. The number of amides is 1. The van der Waals surface area contributed by atoms with Gasteiger partial charge in [-0.3, -0.25) is 14.8 Å². The zero-order valence-corrected chi connectivity index (χ0v) is 18.7. The summed E-state index contributed by atoms with van der Waals surface area (Å²) in [7, 11) is -3.70. The summed E-state index contributed by atoms with van der Waals surface area (Å²) >= 11 is 7.25. The van der Waals surface area contributed by atoms with E-state index in [2.05, 4.69) is 37.9 Å². The molecule has 9 heteroatoms. The number of hydrogen-bond donors (Lipinski definition) is 3. The van der Waals surface area contributed by atoms with Gasteiger partial charge in [0.1, 0.15) is 0 Å². The summed E-state index contributed by atoms with van der Waals surface area (Å²) in [5.74, 6) is -0.321.